The molecule has 0 aliphatic heterocycles. The smallest absolute Gasteiger partial charge is 0.367 e. The number of carbonyl (C=O) groups is 1. The van der Waals surface area contributed by atoms with Crippen molar-refractivity contribution in [3.8, 4) is 11.4 Å². The molecule has 164 valence electrons. The van der Waals surface area contributed by atoms with Crippen molar-refractivity contribution < 1.29 is 35.0 Å². The molecule has 0 saturated carbocycles. The normalized spacial score (nSPS) is 11.8. The molecule has 1 aromatic heterocycles. The summed E-state index contributed by atoms with van der Waals surface area (Å²) < 4.78 is 82.8. The second kappa shape index (κ2) is 8.26. The quantitative estimate of drug-likeness (QED) is 0.567. The topological polar surface area (TPSA) is 102 Å². The number of hydrogen-bond donors (Lipinski definition) is 2. The Morgan fingerprint density at radius 3 is 2.26 bits per heavy atom. The Kier molecular flexibility index (Phi) is 5.88. The highest BCUT2D eigenvalue weighted by molar-refractivity contribution is 7.85. The minimum atomic E-state index is -4.61. The zero-order chi connectivity index (χ0) is 22.8. The monoisotopic (exact) mass is 458 g/mol. The van der Waals surface area contributed by atoms with Gasteiger partial charge in [0.25, 0.3) is 0 Å². The fourth-order valence-corrected chi connectivity index (χ4v) is 3.18. The molecule has 8 nitrogen and oxygen atoms in total. The fraction of sp³-hybridized carbons (Fsp3) is 0.111. The van der Waals surface area contributed by atoms with Crippen molar-refractivity contribution in [2.24, 2.45) is 0 Å². The van der Waals surface area contributed by atoms with E-state index in [1.54, 1.807) is 4.72 Å². The molecule has 2 aromatic carbocycles. The van der Waals surface area contributed by atoms with Gasteiger partial charge >= 0.3 is 22.5 Å². The molecule has 3 aromatic rings. The van der Waals surface area contributed by atoms with Crippen LogP contribution in [0.1, 0.15) is 11.4 Å². The van der Waals surface area contributed by atoms with E-state index in [2.05, 4.69) is 14.6 Å². The van der Waals surface area contributed by atoms with E-state index in [-0.39, 0.29) is 22.8 Å². The minimum absolute atomic E-state index is 0.0821. The van der Waals surface area contributed by atoms with Gasteiger partial charge in [0.1, 0.15) is 17.3 Å². The summed E-state index contributed by atoms with van der Waals surface area (Å²) in [5.41, 5.74) is -0.623. The van der Waals surface area contributed by atoms with Crippen LogP contribution in [0.4, 0.5) is 28.0 Å². The maximum Gasteiger partial charge on any atom is 0.433 e. The number of benzene rings is 2. The van der Waals surface area contributed by atoms with Crippen molar-refractivity contribution in [3.05, 3.63) is 71.8 Å². The highest BCUT2D eigenvalue weighted by atomic mass is 32.2. The predicted molar refractivity (Wildman–Crippen MR) is 101 cm³/mol. The number of nitrogens with one attached hydrogen (secondary N) is 2. The molecular weight excluding hydrogens is 444 g/mol. The number of nitrogens with zero attached hydrogens (tertiary/aromatic N) is 2. The van der Waals surface area contributed by atoms with Crippen LogP contribution in [0.3, 0.4) is 0 Å². The molecule has 0 aliphatic carbocycles. The van der Waals surface area contributed by atoms with Gasteiger partial charge in [0.15, 0.2) is 0 Å². The SMILES string of the molecule is Cc1cc(C(F)(F)F)n(-c2ccc(NC(=O)NS(=O)(=O)Oc3ccc(F)cc3)cc2)n1. The number of halogens is 4. The minimum Gasteiger partial charge on any atom is -0.367 e. The van der Waals surface area contributed by atoms with Gasteiger partial charge in [-0.05, 0) is 61.5 Å². The molecule has 0 spiro atoms. The molecule has 13 heteroatoms. The number of aromatic nitrogens is 2. The van der Waals surface area contributed by atoms with Crippen LogP contribution in [-0.2, 0) is 16.5 Å². The van der Waals surface area contributed by atoms with E-state index in [9.17, 15) is 30.8 Å². The van der Waals surface area contributed by atoms with Crippen LogP contribution < -0.4 is 14.2 Å². The number of alkyl halides is 3. The lowest BCUT2D eigenvalue weighted by molar-refractivity contribution is -0.142. The first-order valence-corrected chi connectivity index (χ1v) is 9.87. The molecular formula is C18H14F4N4O4S. The molecule has 0 radical (unpaired) electrons. The molecule has 1 heterocycles. The fourth-order valence-electron chi connectivity index (χ4n) is 2.49. The number of amides is 2. The van der Waals surface area contributed by atoms with Crippen LogP contribution >= 0.6 is 0 Å². The van der Waals surface area contributed by atoms with Crippen molar-refractivity contribution in [2.75, 3.05) is 5.32 Å². The van der Waals surface area contributed by atoms with Gasteiger partial charge in [-0.15, -0.1) is 0 Å². The third-order valence-corrected chi connectivity index (χ3v) is 4.58. The van der Waals surface area contributed by atoms with Crippen LogP contribution in [0.2, 0.25) is 0 Å². The zero-order valence-electron chi connectivity index (χ0n) is 15.6. The van der Waals surface area contributed by atoms with Gasteiger partial charge in [-0.25, -0.2) is 18.6 Å². The Morgan fingerprint density at radius 2 is 1.68 bits per heavy atom. The Bertz CT molecular complexity index is 1190. The van der Waals surface area contributed by atoms with E-state index in [1.807, 2.05) is 0 Å². The number of carbonyl (C=O) groups excluding carboxylic acids is 1. The molecule has 0 bridgehead atoms. The predicted octanol–water partition coefficient (Wildman–Crippen LogP) is 3.78. The molecule has 2 N–H and O–H groups in total. The number of urea groups is 1. The summed E-state index contributed by atoms with van der Waals surface area (Å²) in [6.07, 6.45) is -4.61. The second-order valence-electron chi connectivity index (χ2n) is 6.17. The van der Waals surface area contributed by atoms with Crippen molar-refractivity contribution >= 4 is 22.0 Å². The van der Waals surface area contributed by atoms with E-state index < -0.39 is 34.0 Å². The highest BCUT2D eigenvalue weighted by Crippen LogP contribution is 2.31. The molecule has 0 saturated heterocycles. The molecule has 31 heavy (non-hydrogen) atoms. The van der Waals surface area contributed by atoms with Gasteiger partial charge in [-0.1, -0.05) is 0 Å². The summed E-state index contributed by atoms with van der Waals surface area (Å²) in [6.45, 7) is 1.42. The summed E-state index contributed by atoms with van der Waals surface area (Å²) in [6, 6.07) is 8.82. The Labute approximate surface area is 173 Å². The average Bonchev–Trinajstić information content (AvgIpc) is 3.06. The summed E-state index contributed by atoms with van der Waals surface area (Å²) in [5.74, 6) is -0.826. The van der Waals surface area contributed by atoms with Crippen molar-refractivity contribution in [2.45, 2.75) is 13.1 Å². The standard InChI is InChI=1S/C18H14F4N4O4S/c1-11-10-16(18(20,21)22)26(24-11)14-6-4-13(5-7-14)23-17(27)25-31(28,29)30-15-8-2-12(19)3-9-15/h2-10H,1H3,(H2,23,25,27). The van der Waals surface area contributed by atoms with Crippen molar-refractivity contribution in [1.29, 1.82) is 0 Å². The van der Waals surface area contributed by atoms with E-state index in [0.29, 0.717) is 4.68 Å². The molecule has 0 fully saturated rings. The first-order chi connectivity index (χ1) is 14.4. The number of anilines is 1. The first kappa shape index (κ1) is 22.1. The van der Waals surface area contributed by atoms with Gasteiger partial charge in [0, 0.05) is 5.69 Å². The van der Waals surface area contributed by atoms with Crippen LogP contribution in [0.15, 0.2) is 54.6 Å². The largest absolute Gasteiger partial charge is 0.433 e. The van der Waals surface area contributed by atoms with Crippen molar-refractivity contribution in [1.82, 2.24) is 14.5 Å². The number of aryl methyl sites for hydroxylation is 1. The third kappa shape index (κ3) is 5.72. The summed E-state index contributed by atoms with van der Waals surface area (Å²) in [7, 11) is -4.56. The third-order valence-electron chi connectivity index (χ3n) is 3.73. The van der Waals surface area contributed by atoms with Gasteiger partial charge in [0.05, 0.1) is 11.4 Å². The Balaban J connectivity index is 1.67. The highest BCUT2D eigenvalue weighted by Gasteiger charge is 2.35. The second-order valence-corrected chi connectivity index (χ2v) is 7.45. The zero-order valence-corrected chi connectivity index (χ0v) is 16.5. The number of hydrogen-bond acceptors (Lipinski definition) is 5. The van der Waals surface area contributed by atoms with Crippen LogP contribution in [0, 0.1) is 12.7 Å². The summed E-state index contributed by atoms with van der Waals surface area (Å²) in [5, 5.41) is 6.01. The van der Waals surface area contributed by atoms with Crippen molar-refractivity contribution in [3.63, 3.8) is 0 Å². The maximum atomic E-state index is 13.1. The average molecular weight is 458 g/mol. The lowest BCUT2D eigenvalue weighted by Crippen LogP contribution is -2.37. The Hall–Kier alpha value is -3.61. The van der Waals surface area contributed by atoms with E-state index in [0.717, 1.165) is 30.3 Å². The van der Waals surface area contributed by atoms with E-state index in [4.69, 9.17) is 0 Å². The van der Waals surface area contributed by atoms with Gasteiger partial charge in [0.2, 0.25) is 0 Å². The summed E-state index contributed by atoms with van der Waals surface area (Å²) >= 11 is 0. The lowest BCUT2D eigenvalue weighted by Gasteiger charge is -2.12. The van der Waals surface area contributed by atoms with Crippen LogP contribution in [-0.4, -0.2) is 24.2 Å². The summed E-state index contributed by atoms with van der Waals surface area (Å²) in [4.78, 5) is 11.9. The molecule has 2 amide bonds. The lowest BCUT2D eigenvalue weighted by atomic mass is 10.2. The number of rotatable bonds is 5. The first-order valence-electron chi connectivity index (χ1n) is 8.46. The molecule has 0 unspecified atom stereocenters. The van der Waals surface area contributed by atoms with Gasteiger partial charge in [-0.2, -0.15) is 26.7 Å². The van der Waals surface area contributed by atoms with Gasteiger partial charge in [-0.3, -0.25) is 0 Å². The maximum absolute atomic E-state index is 13.1. The molecule has 0 atom stereocenters. The van der Waals surface area contributed by atoms with E-state index >= 15 is 0 Å². The molecule has 0 aliphatic rings. The van der Waals surface area contributed by atoms with Crippen LogP contribution in [0.25, 0.3) is 5.69 Å². The molecule has 3 rings (SSSR count). The van der Waals surface area contributed by atoms with Crippen LogP contribution in [0.5, 0.6) is 5.75 Å². The Morgan fingerprint density at radius 1 is 1.06 bits per heavy atom. The van der Waals surface area contributed by atoms with Gasteiger partial charge < -0.3 is 9.50 Å². The van der Waals surface area contributed by atoms with E-state index in [1.165, 1.54) is 31.2 Å².